The Morgan fingerprint density at radius 2 is 2.36 bits per heavy atom. The fourth-order valence-electron chi connectivity index (χ4n) is 3.40. The van der Waals surface area contributed by atoms with E-state index in [0.29, 0.717) is 5.78 Å². The Balaban J connectivity index is 2.19. The first kappa shape index (κ1) is 7.33. The van der Waals surface area contributed by atoms with Gasteiger partial charge in [-0.25, -0.2) is 0 Å². The Hall–Kier alpha value is -0.330. The first-order chi connectivity index (χ1) is 5.23. The van der Waals surface area contributed by atoms with Gasteiger partial charge in [-0.15, -0.1) is 0 Å². The lowest BCUT2D eigenvalue weighted by Crippen LogP contribution is -2.13. The fourth-order valence-corrected chi connectivity index (χ4v) is 3.40. The highest BCUT2D eigenvalue weighted by molar-refractivity contribution is 5.86. The number of hydrogen-bond donors (Lipinski definition) is 0. The van der Waals surface area contributed by atoms with E-state index in [-0.39, 0.29) is 5.41 Å². The van der Waals surface area contributed by atoms with Gasteiger partial charge in [-0.3, -0.25) is 4.79 Å². The smallest absolute Gasteiger partial charge is 0.136 e. The molecule has 0 bridgehead atoms. The summed E-state index contributed by atoms with van der Waals surface area (Å²) < 4.78 is 0. The van der Waals surface area contributed by atoms with Crippen LogP contribution in [0.15, 0.2) is 0 Å². The minimum Gasteiger partial charge on any atom is -0.299 e. The maximum Gasteiger partial charge on any atom is 0.136 e. The Morgan fingerprint density at radius 1 is 1.64 bits per heavy atom. The minimum atomic E-state index is 0.189. The normalized spacial score (nSPS) is 47.1. The predicted molar refractivity (Wildman–Crippen MR) is 44.2 cm³/mol. The van der Waals surface area contributed by atoms with Crippen molar-refractivity contribution in [1.29, 1.82) is 0 Å². The van der Waals surface area contributed by atoms with Gasteiger partial charge in [-0.2, -0.15) is 0 Å². The van der Waals surface area contributed by atoms with Gasteiger partial charge in [-0.1, -0.05) is 19.8 Å². The molecule has 2 fully saturated rings. The van der Waals surface area contributed by atoms with Crippen LogP contribution in [-0.4, -0.2) is 5.78 Å². The van der Waals surface area contributed by atoms with Crippen molar-refractivity contribution in [3.63, 3.8) is 0 Å². The van der Waals surface area contributed by atoms with E-state index in [1.54, 1.807) is 6.92 Å². The highest BCUT2D eigenvalue weighted by Gasteiger charge is 2.67. The van der Waals surface area contributed by atoms with Crippen molar-refractivity contribution < 1.29 is 4.79 Å². The van der Waals surface area contributed by atoms with Crippen molar-refractivity contribution in [3.8, 4) is 0 Å². The molecule has 0 N–H and O–H groups in total. The van der Waals surface area contributed by atoms with Gasteiger partial charge in [0.25, 0.3) is 0 Å². The molecule has 1 nitrogen and oxygen atoms in total. The van der Waals surface area contributed by atoms with E-state index < -0.39 is 0 Å². The molecule has 3 atom stereocenters. The number of carbonyl (C=O) groups is 1. The molecule has 2 aliphatic rings. The standard InChI is InChI=1S/C10H16O/c1-3-8-9-5-4-6-10(8,9)7(2)11/h8-9H,3-6H2,1-2H3. The van der Waals surface area contributed by atoms with E-state index in [1.807, 2.05) is 0 Å². The Bertz CT molecular complexity index is 191. The zero-order chi connectivity index (χ0) is 8.06. The maximum atomic E-state index is 11.4. The number of carbonyl (C=O) groups excluding carboxylic acids is 1. The van der Waals surface area contributed by atoms with Gasteiger partial charge in [0, 0.05) is 5.41 Å². The van der Waals surface area contributed by atoms with E-state index in [9.17, 15) is 4.79 Å². The van der Waals surface area contributed by atoms with Crippen LogP contribution in [0.4, 0.5) is 0 Å². The molecular formula is C10H16O. The highest BCUT2D eigenvalue weighted by Crippen LogP contribution is 2.69. The summed E-state index contributed by atoms with van der Waals surface area (Å²) in [4.78, 5) is 11.4. The van der Waals surface area contributed by atoms with Crippen molar-refractivity contribution >= 4 is 5.78 Å². The highest BCUT2D eigenvalue weighted by atomic mass is 16.1. The van der Waals surface area contributed by atoms with Crippen LogP contribution in [0, 0.1) is 17.3 Å². The van der Waals surface area contributed by atoms with Crippen LogP contribution in [0.5, 0.6) is 0 Å². The lowest BCUT2D eigenvalue weighted by atomic mass is 9.94. The molecular weight excluding hydrogens is 136 g/mol. The third-order valence-electron chi connectivity index (χ3n) is 3.90. The SMILES string of the molecule is CCC1C2CCCC12C(C)=O. The minimum absolute atomic E-state index is 0.189. The zero-order valence-corrected chi connectivity index (χ0v) is 7.39. The van der Waals surface area contributed by atoms with E-state index in [2.05, 4.69) is 6.92 Å². The third-order valence-corrected chi connectivity index (χ3v) is 3.90. The Morgan fingerprint density at radius 3 is 2.73 bits per heavy atom. The van der Waals surface area contributed by atoms with Crippen molar-refractivity contribution in [2.45, 2.75) is 39.5 Å². The van der Waals surface area contributed by atoms with Crippen molar-refractivity contribution in [1.82, 2.24) is 0 Å². The molecule has 0 spiro atoms. The zero-order valence-electron chi connectivity index (χ0n) is 7.39. The molecule has 11 heavy (non-hydrogen) atoms. The molecule has 0 aromatic heterocycles. The van der Waals surface area contributed by atoms with Crippen molar-refractivity contribution in [2.24, 2.45) is 17.3 Å². The summed E-state index contributed by atoms with van der Waals surface area (Å²) in [5, 5.41) is 0. The second-order valence-corrected chi connectivity index (χ2v) is 4.11. The summed E-state index contributed by atoms with van der Waals surface area (Å²) in [6.45, 7) is 4.00. The molecule has 0 saturated heterocycles. The quantitative estimate of drug-likeness (QED) is 0.593. The first-order valence-electron chi connectivity index (χ1n) is 4.74. The monoisotopic (exact) mass is 152 g/mol. The van der Waals surface area contributed by atoms with Gasteiger partial charge in [0.15, 0.2) is 0 Å². The molecule has 0 heterocycles. The molecule has 1 heteroatoms. The lowest BCUT2D eigenvalue weighted by molar-refractivity contribution is -0.122. The molecule has 0 aromatic carbocycles. The summed E-state index contributed by atoms with van der Waals surface area (Å²) in [6.07, 6.45) is 5.01. The summed E-state index contributed by atoms with van der Waals surface area (Å²) >= 11 is 0. The van der Waals surface area contributed by atoms with Gasteiger partial charge in [-0.05, 0) is 31.6 Å². The van der Waals surface area contributed by atoms with Crippen molar-refractivity contribution in [2.75, 3.05) is 0 Å². The van der Waals surface area contributed by atoms with Crippen LogP contribution in [0.25, 0.3) is 0 Å². The molecule has 2 aliphatic carbocycles. The molecule has 0 amide bonds. The average molecular weight is 152 g/mol. The summed E-state index contributed by atoms with van der Waals surface area (Å²) in [7, 11) is 0. The summed E-state index contributed by atoms with van der Waals surface area (Å²) in [6, 6.07) is 0. The molecule has 0 aliphatic heterocycles. The van der Waals surface area contributed by atoms with E-state index in [4.69, 9.17) is 0 Å². The second-order valence-electron chi connectivity index (χ2n) is 4.11. The summed E-state index contributed by atoms with van der Waals surface area (Å²) in [5.41, 5.74) is 0.189. The van der Waals surface area contributed by atoms with Gasteiger partial charge in [0.1, 0.15) is 5.78 Å². The largest absolute Gasteiger partial charge is 0.299 e. The molecule has 62 valence electrons. The van der Waals surface area contributed by atoms with Gasteiger partial charge < -0.3 is 0 Å². The predicted octanol–water partition coefficient (Wildman–Crippen LogP) is 2.40. The van der Waals surface area contributed by atoms with Crippen LogP contribution in [0.2, 0.25) is 0 Å². The lowest BCUT2D eigenvalue weighted by Gasteiger charge is -2.08. The van der Waals surface area contributed by atoms with Crippen LogP contribution >= 0.6 is 0 Å². The van der Waals surface area contributed by atoms with Gasteiger partial charge >= 0.3 is 0 Å². The van der Waals surface area contributed by atoms with Crippen LogP contribution in [0.3, 0.4) is 0 Å². The third kappa shape index (κ3) is 0.692. The topological polar surface area (TPSA) is 17.1 Å². The van der Waals surface area contributed by atoms with Crippen LogP contribution < -0.4 is 0 Å². The summed E-state index contributed by atoms with van der Waals surface area (Å²) in [5.74, 6) is 2.01. The number of Topliss-reactive ketones (excluding diaryl/α,β-unsaturated/α-hetero) is 1. The van der Waals surface area contributed by atoms with E-state index in [0.717, 1.165) is 11.8 Å². The van der Waals surface area contributed by atoms with Crippen LogP contribution in [-0.2, 0) is 4.79 Å². The molecule has 2 rings (SSSR count). The number of hydrogen-bond acceptors (Lipinski definition) is 1. The molecule has 2 saturated carbocycles. The number of fused-ring (bicyclic) bond motifs is 1. The van der Waals surface area contributed by atoms with Gasteiger partial charge in [0.05, 0.1) is 0 Å². The Kier molecular flexibility index (Phi) is 1.39. The fraction of sp³-hybridized carbons (Fsp3) is 0.900. The number of ketones is 1. The molecule has 0 aromatic rings. The number of rotatable bonds is 2. The average Bonchev–Trinajstić information content (AvgIpc) is 2.38. The van der Waals surface area contributed by atoms with E-state index >= 15 is 0 Å². The van der Waals surface area contributed by atoms with Gasteiger partial charge in [0.2, 0.25) is 0 Å². The van der Waals surface area contributed by atoms with E-state index in [1.165, 1.54) is 25.7 Å². The first-order valence-corrected chi connectivity index (χ1v) is 4.74. The Labute approximate surface area is 68.2 Å². The van der Waals surface area contributed by atoms with Crippen molar-refractivity contribution in [3.05, 3.63) is 0 Å². The van der Waals surface area contributed by atoms with Crippen LogP contribution in [0.1, 0.15) is 39.5 Å². The molecule has 3 unspecified atom stereocenters. The molecule has 0 radical (unpaired) electrons. The maximum absolute atomic E-state index is 11.4. The second kappa shape index (κ2) is 2.09.